The van der Waals surface area contributed by atoms with Gasteiger partial charge in [-0.05, 0) is 0 Å². The number of anilines is 2. The highest BCUT2D eigenvalue weighted by Gasteiger charge is 2.45. The summed E-state index contributed by atoms with van der Waals surface area (Å²) in [4.78, 5) is 22.7. The molecule has 1 aliphatic rings. The van der Waals surface area contributed by atoms with Gasteiger partial charge in [-0.2, -0.15) is 5.10 Å². The normalized spacial score (nSPS) is 23.6. The molecular formula is C17H18N8O6. The molecule has 3 heterocycles. The van der Waals surface area contributed by atoms with E-state index in [1.54, 1.807) is 6.07 Å². The van der Waals surface area contributed by atoms with E-state index in [2.05, 4.69) is 25.5 Å². The van der Waals surface area contributed by atoms with Crippen molar-refractivity contribution in [1.29, 1.82) is 0 Å². The number of hydrogen-bond donors (Lipinski definition) is 5. The van der Waals surface area contributed by atoms with Crippen LogP contribution in [0.4, 0.5) is 17.5 Å². The summed E-state index contributed by atoms with van der Waals surface area (Å²) < 4.78 is 6.91. The number of nitrogens with two attached hydrogens (primary N) is 1. The van der Waals surface area contributed by atoms with Crippen LogP contribution in [0.3, 0.4) is 0 Å². The van der Waals surface area contributed by atoms with Crippen molar-refractivity contribution in [2.75, 3.05) is 17.8 Å². The molecule has 0 radical (unpaired) electrons. The van der Waals surface area contributed by atoms with Crippen LogP contribution in [-0.2, 0) is 4.74 Å². The van der Waals surface area contributed by atoms with E-state index in [1.165, 1.54) is 35.3 Å². The minimum Gasteiger partial charge on any atom is -0.394 e. The molecule has 0 unspecified atom stereocenters. The Morgan fingerprint density at radius 1 is 1.35 bits per heavy atom. The minimum absolute atomic E-state index is 0.0544. The third kappa shape index (κ3) is 3.75. The molecule has 0 bridgehead atoms. The molecule has 4 atom stereocenters. The van der Waals surface area contributed by atoms with Crippen molar-refractivity contribution in [1.82, 2.24) is 19.5 Å². The molecule has 0 aliphatic carbocycles. The first-order valence-electron chi connectivity index (χ1n) is 9.05. The van der Waals surface area contributed by atoms with Gasteiger partial charge in [-0.15, -0.1) is 0 Å². The van der Waals surface area contributed by atoms with E-state index in [4.69, 9.17) is 10.5 Å². The number of nitrogen functional groups attached to an aromatic ring is 1. The predicted molar refractivity (Wildman–Crippen MR) is 107 cm³/mol. The Bertz CT molecular complexity index is 1150. The Balaban J connectivity index is 1.69. The van der Waals surface area contributed by atoms with Crippen LogP contribution in [0.2, 0.25) is 0 Å². The summed E-state index contributed by atoms with van der Waals surface area (Å²) in [6.45, 7) is -0.508. The van der Waals surface area contributed by atoms with E-state index >= 15 is 0 Å². The van der Waals surface area contributed by atoms with E-state index in [1.807, 2.05) is 0 Å². The van der Waals surface area contributed by atoms with Crippen molar-refractivity contribution in [3.05, 3.63) is 46.3 Å². The monoisotopic (exact) mass is 430 g/mol. The number of aliphatic hydroxyl groups excluding tert-OH is 3. The van der Waals surface area contributed by atoms with Crippen molar-refractivity contribution in [2.45, 2.75) is 24.5 Å². The number of ether oxygens (including phenoxy) is 1. The summed E-state index contributed by atoms with van der Waals surface area (Å²) in [5, 5.41) is 44.9. The second-order valence-electron chi connectivity index (χ2n) is 6.69. The van der Waals surface area contributed by atoms with Crippen molar-refractivity contribution < 1.29 is 25.0 Å². The van der Waals surface area contributed by atoms with Crippen LogP contribution in [0.15, 0.2) is 35.7 Å². The van der Waals surface area contributed by atoms with E-state index in [9.17, 15) is 25.4 Å². The molecule has 0 amide bonds. The van der Waals surface area contributed by atoms with Gasteiger partial charge in [0.25, 0.3) is 5.69 Å². The summed E-state index contributed by atoms with van der Waals surface area (Å²) in [6, 6.07) is 5.83. The Morgan fingerprint density at radius 2 is 2.16 bits per heavy atom. The third-order valence-electron chi connectivity index (χ3n) is 4.74. The highest BCUT2D eigenvalue weighted by Crippen LogP contribution is 2.35. The largest absolute Gasteiger partial charge is 0.394 e. The first-order valence-corrected chi connectivity index (χ1v) is 9.05. The first kappa shape index (κ1) is 20.5. The van der Waals surface area contributed by atoms with E-state index < -0.39 is 36.1 Å². The number of rotatable bonds is 6. The lowest BCUT2D eigenvalue weighted by molar-refractivity contribution is -0.384. The molecule has 0 saturated carbocycles. The highest BCUT2D eigenvalue weighted by molar-refractivity contribution is 5.85. The molecule has 3 aromatic rings. The second-order valence-corrected chi connectivity index (χ2v) is 6.69. The average Bonchev–Trinajstić information content (AvgIpc) is 3.26. The van der Waals surface area contributed by atoms with Crippen LogP contribution in [0.5, 0.6) is 0 Å². The maximum Gasteiger partial charge on any atom is 0.270 e. The zero-order valence-corrected chi connectivity index (χ0v) is 15.8. The third-order valence-corrected chi connectivity index (χ3v) is 4.74. The SMILES string of the molecule is Nc1ncnc2c1nc(N/N=C/c1cccc([N+](=O)[O-])c1)n2[C@@H]1O[C@H](CO)[C@@H](O)[C@H]1O. The standard InChI is InChI=1S/C17H18N8O6/c18-14-11-15(20-7-19-14)24(16-13(28)12(27)10(6-26)31-16)17(22-11)23-21-5-8-2-1-3-9(4-8)25(29)30/h1-5,7,10,12-13,16,26-28H,6H2,(H,22,23)(H2,18,19,20)/b21-5+/t10-,12-,13-,16-/m1/s1. The number of nitro benzene ring substituents is 1. The number of nitrogens with one attached hydrogen (secondary N) is 1. The summed E-state index contributed by atoms with van der Waals surface area (Å²) in [5.74, 6) is 0.125. The van der Waals surface area contributed by atoms with Crippen molar-refractivity contribution in [3.63, 3.8) is 0 Å². The summed E-state index contributed by atoms with van der Waals surface area (Å²) in [7, 11) is 0. The number of aromatic nitrogens is 4. The number of non-ortho nitro benzene ring substituents is 1. The fraction of sp³-hybridized carbons (Fsp3) is 0.294. The number of hydrazone groups is 1. The van der Waals surface area contributed by atoms with E-state index in [0.29, 0.717) is 5.56 Å². The zero-order valence-electron chi connectivity index (χ0n) is 15.8. The fourth-order valence-corrected chi connectivity index (χ4v) is 3.22. The predicted octanol–water partition coefficient (Wildman–Crippen LogP) is -0.626. The molecule has 1 aliphatic heterocycles. The smallest absolute Gasteiger partial charge is 0.270 e. The Labute approximate surface area is 173 Å². The molecule has 31 heavy (non-hydrogen) atoms. The lowest BCUT2D eigenvalue weighted by atomic mass is 10.1. The lowest BCUT2D eigenvalue weighted by Gasteiger charge is -2.18. The second kappa shape index (κ2) is 8.19. The van der Waals surface area contributed by atoms with Gasteiger partial charge in [-0.3, -0.25) is 14.7 Å². The van der Waals surface area contributed by atoms with Crippen LogP contribution >= 0.6 is 0 Å². The van der Waals surface area contributed by atoms with Crippen LogP contribution in [0.25, 0.3) is 11.2 Å². The van der Waals surface area contributed by atoms with Gasteiger partial charge in [0.1, 0.15) is 24.6 Å². The molecule has 0 spiro atoms. The maximum atomic E-state index is 10.9. The summed E-state index contributed by atoms with van der Waals surface area (Å²) in [5.41, 5.74) is 9.30. The van der Waals surface area contributed by atoms with Crippen molar-refractivity contribution >= 4 is 34.8 Å². The van der Waals surface area contributed by atoms with Gasteiger partial charge in [-0.25, -0.2) is 20.4 Å². The average molecular weight is 430 g/mol. The van der Waals surface area contributed by atoms with Crippen LogP contribution in [-0.4, -0.2) is 70.9 Å². The lowest BCUT2D eigenvalue weighted by Crippen LogP contribution is -2.33. The maximum absolute atomic E-state index is 10.9. The highest BCUT2D eigenvalue weighted by atomic mass is 16.6. The molecule has 14 nitrogen and oxygen atoms in total. The number of fused-ring (bicyclic) bond motifs is 1. The number of nitrogens with zero attached hydrogens (tertiary/aromatic N) is 6. The topological polar surface area (TPSA) is 207 Å². The molecule has 1 aromatic carbocycles. The zero-order chi connectivity index (χ0) is 22.1. The summed E-state index contributed by atoms with van der Waals surface area (Å²) in [6.07, 6.45) is -2.37. The van der Waals surface area contributed by atoms with Gasteiger partial charge in [0.15, 0.2) is 23.2 Å². The van der Waals surface area contributed by atoms with Gasteiger partial charge < -0.3 is 25.8 Å². The summed E-state index contributed by atoms with van der Waals surface area (Å²) >= 11 is 0. The van der Waals surface area contributed by atoms with Crippen molar-refractivity contribution in [3.8, 4) is 0 Å². The van der Waals surface area contributed by atoms with E-state index in [0.717, 1.165) is 0 Å². The van der Waals surface area contributed by atoms with Gasteiger partial charge in [0, 0.05) is 17.7 Å². The number of aliphatic hydroxyl groups is 3. The van der Waals surface area contributed by atoms with Gasteiger partial charge in [-0.1, -0.05) is 12.1 Å². The number of nitro groups is 1. The molecule has 4 rings (SSSR count). The van der Waals surface area contributed by atoms with Crippen LogP contribution in [0.1, 0.15) is 11.8 Å². The van der Waals surface area contributed by atoms with Crippen LogP contribution < -0.4 is 11.2 Å². The Hall–Kier alpha value is -3.72. The first-order chi connectivity index (χ1) is 14.9. The Morgan fingerprint density at radius 3 is 2.87 bits per heavy atom. The van der Waals surface area contributed by atoms with Gasteiger partial charge in [0.05, 0.1) is 17.7 Å². The molecule has 162 valence electrons. The molecular weight excluding hydrogens is 412 g/mol. The Kier molecular flexibility index (Phi) is 5.43. The minimum atomic E-state index is -1.40. The fourth-order valence-electron chi connectivity index (χ4n) is 3.22. The molecule has 1 fully saturated rings. The number of benzene rings is 1. The molecule has 1 saturated heterocycles. The van der Waals surface area contributed by atoms with Gasteiger partial charge in [0.2, 0.25) is 5.95 Å². The van der Waals surface area contributed by atoms with Crippen LogP contribution in [0, 0.1) is 10.1 Å². The number of imidazole rings is 1. The molecule has 14 heteroatoms. The quantitative estimate of drug-likeness (QED) is 0.189. The molecule has 2 aromatic heterocycles. The van der Waals surface area contributed by atoms with Gasteiger partial charge >= 0.3 is 0 Å². The molecule has 6 N–H and O–H groups in total. The van der Waals surface area contributed by atoms with E-state index in [-0.39, 0.29) is 28.6 Å². The van der Waals surface area contributed by atoms with Crippen molar-refractivity contribution in [2.24, 2.45) is 5.10 Å². The number of hydrogen-bond acceptors (Lipinski definition) is 12.